The molecule has 7 rings (SSSR count). The van der Waals surface area contributed by atoms with E-state index in [1.807, 2.05) is 24.4 Å². The minimum atomic E-state index is -1.20. The number of phenols is 1. The van der Waals surface area contributed by atoms with E-state index in [1.165, 1.54) is 28.9 Å². The van der Waals surface area contributed by atoms with Crippen LogP contribution in [0.2, 0.25) is 0 Å². The molecule has 2 aromatic carbocycles. The number of cyclic esters (lactones) is 1. The van der Waals surface area contributed by atoms with Gasteiger partial charge in [-0.3, -0.25) is 39.3 Å². The molecule has 4 amide bonds. The highest BCUT2D eigenvalue weighted by Crippen LogP contribution is 2.41. The lowest BCUT2D eigenvalue weighted by Gasteiger charge is -2.37. The van der Waals surface area contributed by atoms with Crippen molar-refractivity contribution in [3.63, 3.8) is 0 Å². The van der Waals surface area contributed by atoms with Gasteiger partial charge in [-0.05, 0) is 90.3 Å². The Morgan fingerprint density at radius 1 is 1.09 bits per heavy atom. The van der Waals surface area contributed by atoms with Crippen LogP contribution in [0, 0.1) is 11.3 Å². The molecule has 17 nitrogen and oxygen atoms in total. The molecule has 2 aromatic heterocycles. The van der Waals surface area contributed by atoms with E-state index in [2.05, 4.69) is 58.5 Å². The summed E-state index contributed by atoms with van der Waals surface area (Å²) in [6.07, 6.45) is 5.03. The molecule has 3 aliphatic rings. The second kappa shape index (κ2) is 19.9. The highest BCUT2D eigenvalue weighted by atomic mass is 16.5. The number of likely N-dealkylation sites (N-methyl/N-ethyl adjacent to an activating group) is 2. The number of aromatic nitrogens is 2. The van der Waals surface area contributed by atoms with Crippen LogP contribution in [0.25, 0.3) is 33.3 Å². The highest BCUT2D eigenvalue weighted by Gasteiger charge is 2.44. The molecule has 5 N–H and O–H groups in total. The summed E-state index contributed by atoms with van der Waals surface area (Å²) in [5.41, 5.74) is 9.58. The van der Waals surface area contributed by atoms with E-state index in [1.54, 1.807) is 39.3 Å². The normalized spacial score (nSPS) is 21.2. The zero-order valence-corrected chi connectivity index (χ0v) is 39.2. The van der Waals surface area contributed by atoms with Gasteiger partial charge < -0.3 is 39.4 Å². The number of esters is 1. The molecular formula is C49H64N8O9. The lowest BCUT2D eigenvalue weighted by molar-refractivity contribution is -0.155. The number of phenolic OH excluding ortho intramolecular Hbond substituents is 1. The van der Waals surface area contributed by atoms with Crippen LogP contribution in [0.3, 0.4) is 0 Å². The van der Waals surface area contributed by atoms with Crippen molar-refractivity contribution in [1.29, 1.82) is 0 Å². The lowest BCUT2D eigenvalue weighted by atomic mass is 9.84. The monoisotopic (exact) mass is 908 g/mol. The molecule has 0 saturated carbocycles. The van der Waals surface area contributed by atoms with Crippen LogP contribution in [0.4, 0.5) is 0 Å². The summed E-state index contributed by atoms with van der Waals surface area (Å²) in [6.45, 7) is 10.7. The van der Waals surface area contributed by atoms with Gasteiger partial charge in [0.25, 0.3) is 5.91 Å². The summed E-state index contributed by atoms with van der Waals surface area (Å²) in [5, 5.41) is 28.9. The predicted octanol–water partition coefficient (Wildman–Crippen LogP) is 3.16. The summed E-state index contributed by atoms with van der Waals surface area (Å²) < 4.78 is 14.0. The molecule has 3 aliphatic heterocycles. The number of aromatic hydroxyl groups is 1. The number of hydrogen-bond donors (Lipinski definition) is 5. The molecule has 4 aromatic rings. The predicted molar refractivity (Wildman–Crippen MR) is 247 cm³/mol. The van der Waals surface area contributed by atoms with Crippen LogP contribution in [-0.4, -0.2) is 142 Å². The summed E-state index contributed by atoms with van der Waals surface area (Å²) in [5.74, 6) is -2.87. The number of benzene rings is 2. The van der Waals surface area contributed by atoms with Crippen LogP contribution >= 0.6 is 0 Å². The highest BCUT2D eigenvalue weighted by molar-refractivity contribution is 5.96. The second-order valence-electron chi connectivity index (χ2n) is 19.0. The van der Waals surface area contributed by atoms with Gasteiger partial charge in [0.1, 0.15) is 29.9 Å². The fraction of sp³-hybridized carbons (Fsp3) is 0.510. The van der Waals surface area contributed by atoms with Gasteiger partial charge in [-0.2, -0.15) is 0 Å². The van der Waals surface area contributed by atoms with Gasteiger partial charge in [-0.15, -0.1) is 0 Å². The van der Waals surface area contributed by atoms with Crippen LogP contribution in [0.1, 0.15) is 64.2 Å². The number of amides is 4. The molecule has 66 heavy (non-hydrogen) atoms. The van der Waals surface area contributed by atoms with Gasteiger partial charge in [0.05, 0.1) is 38.1 Å². The van der Waals surface area contributed by atoms with Crippen molar-refractivity contribution in [1.82, 2.24) is 40.4 Å². The van der Waals surface area contributed by atoms with Crippen LogP contribution in [0.15, 0.2) is 54.9 Å². The third-order valence-corrected chi connectivity index (χ3v) is 12.9. The second-order valence-corrected chi connectivity index (χ2v) is 19.0. The first kappa shape index (κ1) is 48.1. The number of ether oxygens (including phenoxy) is 2. The summed E-state index contributed by atoms with van der Waals surface area (Å²) >= 11 is 0. The Morgan fingerprint density at radius 3 is 2.56 bits per heavy atom. The number of pyridine rings is 1. The van der Waals surface area contributed by atoms with E-state index >= 15 is 0 Å². The van der Waals surface area contributed by atoms with Crippen LogP contribution < -0.4 is 16.1 Å². The number of hydrazine groups is 1. The smallest absolute Gasteiger partial charge is 0.324 e. The average molecular weight is 909 g/mol. The van der Waals surface area contributed by atoms with Gasteiger partial charge in [0.15, 0.2) is 0 Å². The zero-order valence-electron chi connectivity index (χ0n) is 39.2. The number of rotatable bonds is 12. The van der Waals surface area contributed by atoms with Crippen molar-refractivity contribution < 1.29 is 43.7 Å². The standard InChI is InChI=1S/C49H64N8O9/c1-9-56-40-13-12-30-21-34(40)35(44(56)36-23-50-15-14-31(36)26-65-8)22-49(4,5)27-66-48(64)37-11-10-16-57(53-37)46(62)38(19-29-17-32(30)20-33(59)18-29)52-45(61)43(28(2)3)55(7)41(60)24-54(6)47(63)42-39(25-58)51-42/h12-15,17-18,20-21,23,28,37-39,42-43,51,53,58-59H,9-11,16,19,22,24-27H2,1-8H3,(H,52,61)/t37-,38-,39-,42+,43?/m0/s1. The molecule has 5 heterocycles. The molecule has 17 heteroatoms. The number of nitrogens with zero attached hydrogens (tertiary/aromatic N) is 5. The third kappa shape index (κ3) is 10.2. The number of aliphatic hydroxyl groups excluding tert-OH is 1. The lowest BCUT2D eigenvalue weighted by Crippen LogP contribution is -2.62. The van der Waals surface area contributed by atoms with E-state index in [4.69, 9.17) is 9.47 Å². The fourth-order valence-corrected chi connectivity index (χ4v) is 9.48. The molecular weight excluding hydrogens is 845 g/mol. The van der Waals surface area contributed by atoms with Crippen molar-refractivity contribution in [2.75, 3.05) is 47.5 Å². The summed E-state index contributed by atoms with van der Waals surface area (Å²) in [6, 6.07) is 9.27. The number of nitrogens with one attached hydrogen (secondary N) is 3. The minimum absolute atomic E-state index is 0.0306. The first-order valence-corrected chi connectivity index (χ1v) is 22.8. The van der Waals surface area contributed by atoms with Gasteiger partial charge in [-0.1, -0.05) is 39.8 Å². The quantitative estimate of drug-likeness (QED) is 0.102. The van der Waals surface area contributed by atoms with Crippen molar-refractivity contribution >= 4 is 40.5 Å². The number of aliphatic hydroxyl groups is 1. The Labute approximate surface area is 385 Å². The number of hydrogen-bond acceptors (Lipinski definition) is 12. The van der Waals surface area contributed by atoms with Crippen molar-refractivity contribution in [2.45, 2.75) is 104 Å². The number of carbonyl (C=O) groups is 5. The van der Waals surface area contributed by atoms with Crippen LogP contribution in [-0.2, 0) is 59.4 Å². The van der Waals surface area contributed by atoms with E-state index in [0.717, 1.165) is 38.9 Å². The molecule has 0 spiro atoms. The van der Waals surface area contributed by atoms with Gasteiger partial charge in [-0.25, -0.2) is 5.43 Å². The number of carbonyl (C=O) groups excluding carboxylic acids is 5. The van der Waals surface area contributed by atoms with E-state index in [9.17, 15) is 34.2 Å². The van der Waals surface area contributed by atoms with E-state index in [0.29, 0.717) is 43.5 Å². The number of aryl methyl sites for hydroxylation is 1. The molecule has 0 radical (unpaired) electrons. The Morgan fingerprint density at radius 2 is 1.86 bits per heavy atom. The van der Waals surface area contributed by atoms with Crippen LogP contribution in [0.5, 0.6) is 5.75 Å². The van der Waals surface area contributed by atoms with Gasteiger partial charge in [0.2, 0.25) is 17.7 Å². The van der Waals surface area contributed by atoms with Gasteiger partial charge in [0, 0.05) is 75.0 Å². The number of methoxy groups -OCH3 is 1. The van der Waals surface area contributed by atoms with Crippen molar-refractivity contribution in [3.05, 3.63) is 71.5 Å². The average Bonchev–Trinajstić information content (AvgIpc) is 4.02. The summed E-state index contributed by atoms with van der Waals surface area (Å²) in [7, 11) is 4.64. The molecule has 5 atom stereocenters. The van der Waals surface area contributed by atoms with E-state index in [-0.39, 0.29) is 50.4 Å². The SMILES string of the molecule is CCn1c(-c2cnccc2COC)c2c3cc(ccc31)-c1cc(O)cc(c1)C[C@H](NC(=O)C(C(C)C)N(C)C(=O)CN(C)C(=O)[C@@H]1N[C@H]1CO)C(=O)N1CCC[C@H](N1)C(=O)OCC(C)(C)C2. The Bertz CT molecular complexity index is 2490. The molecule has 1 unspecified atom stereocenters. The topological polar surface area (TPSA) is 218 Å². The zero-order chi connectivity index (χ0) is 47.6. The maximum absolute atomic E-state index is 14.7. The maximum atomic E-state index is 14.7. The Balaban J connectivity index is 1.28. The molecule has 2 saturated heterocycles. The van der Waals surface area contributed by atoms with Crippen molar-refractivity contribution in [2.24, 2.45) is 11.3 Å². The molecule has 2 fully saturated rings. The maximum Gasteiger partial charge on any atom is 0.324 e. The fourth-order valence-electron chi connectivity index (χ4n) is 9.48. The minimum Gasteiger partial charge on any atom is -0.508 e. The number of fused-ring (bicyclic) bond motifs is 6. The van der Waals surface area contributed by atoms with Gasteiger partial charge >= 0.3 is 5.97 Å². The summed E-state index contributed by atoms with van der Waals surface area (Å²) in [4.78, 5) is 76.6. The van der Waals surface area contributed by atoms with E-state index < -0.39 is 59.2 Å². The first-order valence-electron chi connectivity index (χ1n) is 22.8. The largest absolute Gasteiger partial charge is 0.508 e. The molecule has 0 aliphatic carbocycles. The first-order chi connectivity index (χ1) is 31.4. The Kier molecular flexibility index (Phi) is 14.5. The molecule has 6 bridgehead atoms. The molecule has 354 valence electrons. The Hall–Kier alpha value is -5.88. The van der Waals surface area contributed by atoms with Crippen molar-refractivity contribution in [3.8, 4) is 28.1 Å². The third-order valence-electron chi connectivity index (χ3n) is 12.9.